The molecule has 1 aromatic heterocycles. The Bertz CT molecular complexity index is 1400. The van der Waals surface area contributed by atoms with Crippen LogP contribution in [0.15, 0.2) is 102 Å². The predicted molar refractivity (Wildman–Crippen MR) is 192 cm³/mol. The molecule has 0 saturated heterocycles. The second-order valence-corrected chi connectivity index (χ2v) is 13.4. The van der Waals surface area contributed by atoms with Gasteiger partial charge in [0, 0.05) is 41.2 Å². The lowest BCUT2D eigenvalue weighted by Crippen LogP contribution is -2.40. The molecule has 1 heterocycles. The van der Waals surface area contributed by atoms with E-state index in [0.717, 1.165) is 55.2 Å². The fourth-order valence-corrected chi connectivity index (χ4v) is 7.11. The minimum Gasteiger partial charge on any atom is -0.485 e. The molecule has 1 atom stereocenters. The molecule has 1 unspecified atom stereocenters. The highest BCUT2D eigenvalue weighted by atomic mass is 32.2. The Labute approximate surface area is 281 Å². The summed E-state index contributed by atoms with van der Waals surface area (Å²) in [5, 5.41) is 3.61. The van der Waals surface area contributed by atoms with Crippen molar-refractivity contribution in [1.29, 1.82) is 0 Å². The van der Waals surface area contributed by atoms with Crippen molar-refractivity contribution in [2.45, 2.75) is 82.4 Å². The van der Waals surface area contributed by atoms with Gasteiger partial charge in [-0.3, -0.25) is 4.98 Å². The van der Waals surface area contributed by atoms with E-state index in [1.807, 2.05) is 30.2 Å². The zero-order chi connectivity index (χ0) is 31.7. The standard InChI is InChI=1S/C40H51N3O2S/c1-2-27-43(28-12-4-3-11-23-41-26-29-46-37-21-24-42-25-22-37)36-18-19-38-35(30-36)17-20-39(44-31-33-13-7-5-8-14-33)40(38)45-32-34-15-9-6-10-16-34/h5-10,13-17,20-22,24-25,36,41H,2-4,11-12,18-19,23,26-32H2,1H3. The van der Waals surface area contributed by atoms with E-state index >= 15 is 0 Å². The van der Waals surface area contributed by atoms with E-state index in [4.69, 9.17) is 9.47 Å². The number of hydrogen-bond donors (Lipinski definition) is 1. The van der Waals surface area contributed by atoms with Gasteiger partial charge in [0.2, 0.25) is 0 Å². The first-order valence-corrected chi connectivity index (χ1v) is 18.2. The van der Waals surface area contributed by atoms with Crippen molar-refractivity contribution in [3.63, 3.8) is 0 Å². The van der Waals surface area contributed by atoms with E-state index in [2.05, 4.69) is 101 Å². The summed E-state index contributed by atoms with van der Waals surface area (Å²) < 4.78 is 12.9. The number of unbranched alkanes of at least 4 members (excludes halogenated alkanes) is 3. The summed E-state index contributed by atoms with van der Waals surface area (Å²) in [5.74, 6) is 2.88. The molecule has 5 rings (SSSR count). The van der Waals surface area contributed by atoms with Crippen LogP contribution in [0.4, 0.5) is 0 Å². The zero-order valence-corrected chi connectivity index (χ0v) is 28.4. The van der Waals surface area contributed by atoms with Gasteiger partial charge < -0.3 is 19.7 Å². The monoisotopic (exact) mass is 637 g/mol. The Kier molecular flexibility index (Phi) is 14.3. The molecule has 0 radical (unpaired) electrons. The maximum Gasteiger partial charge on any atom is 0.165 e. The van der Waals surface area contributed by atoms with Crippen molar-refractivity contribution in [1.82, 2.24) is 15.2 Å². The van der Waals surface area contributed by atoms with Crippen LogP contribution in [0, 0.1) is 0 Å². The van der Waals surface area contributed by atoms with Crippen LogP contribution in [-0.2, 0) is 26.1 Å². The minimum atomic E-state index is 0.537. The van der Waals surface area contributed by atoms with E-state index in [9.17, 15) is 0 Å². The van der Waals surface area contributed by atoms with E-state index in [1.165, 1.54) is 66.8 Å². The van der Waals surface area contributed by atoms with Gasteiger partial charge in [-0.05, 0) is 93.0 Å². The van der Waals surface area contributed by atoms with Crippen LogP contribution in [0.3, 0.4) is 0 Å². The molecule has 0 aliphatic heterocycles. The Morgan fingerprint density at radius 3 is 2.24 bits per heavy atom. The molecule has 0 bridgehead atoms. The van der Waals surface area contributed by atoms with E-state index < -0.39 is 0 Å². The smallest absolute Gasteiger partial charge is 0.165 e. The third kappa shape index (κ3) is 10.9. The van der Waals surface area contributed by atoms with Gasteiger partial charge in [0.05, 0.1) is 0 Å². The fourth-order valence-electron chi connectivity index (χ4n) is 6.31. The summed E-state index contributed by atoms with van der Waals surface area (Å²) in [4.78, 5) is 8.15. The van der Waals surface area contributed by atoms with Gasteiger partial charge in [-0.2, -0.15) is 0 Å². The molecular formula is C40H51N3O2S. The van der Waals surface area contributed by atoms with Crippen LogP contribution in [0.5, 0.6) is 11.5 Å². The largest absolute Gasteiger partial charge is 0.485 e. The Morgan fingerprint density at radius 1 is 0.783 bits per heavy atom. The molecule has 5 nitrogen and oxygen atoms in total. The van der Waals surface area contributed by atoms with Gasteiger partial charge in [0.1, 0.15) is 13.2 Å². The topological polar surface area (TPSA) is 46.6 Å². The number of fused-ring (bicyclic) bond motifs is 1. The van der Waals surface area contributed by atoms with Crippen LogP contribution < -0.4 is 14.8 Å². The number of thioether (sulfide) groups is 1. The Morgan fingerprint density at radius 2 is 1.50 bits per heavy atom. The van der Waals surface area contributed by atoms with Crippen molar-refractivity contribution in [3.8, 4) is 11.5 Å². The number of nitrogens with zero attached hydrogens (tertiary/aromatic N) is 2. The lowest BCUT2D eigenvalue weighted by atomic mass is 9.86. The molecule has 0 saturated carbocycles. The summed E-state index contributed by atoms with van der Waals surface area (Å²) in [6.07, 6.45) is 13.3. The molecular weight excluding hydrogens is 587 g/mol. The lowest BCUT2D eigenvalue weighted by Gasteiger charge is -2.36. The van der Waals surface area contributed by atoms with Gasteiger partial charge in [-0.25, -0.2) is 0 Å². The molecule has 0 fully saturated rings. The van der Waals surface area contributed by atoms with Crippen molar-refractivity contribution >= 4 is 11.8 Å². The Balaban J connectivity index is 1.10. The van der Waals surface area contributed by atoms with Gasteiger partial charge >= 0.3 is 0 Å². The number of benzene rings is 3. The third-order valence-electron chi connectivity index (χ3n) is 8.74. The van der Waals surface area contributed by atoms with Gasteiger partial charge in [-0.1, -0.05) is 86.5 Å². The number of pyridine rings is 1. The highest BCUT2D eigenvalue weighted by Gasteiger charge is 2.27. The number of hydrogen-bond acceptors (Lipinski definition) is 6. The van der Waals surface area contributed by atoms with Crippen LogP contribution in [0.25, 0.3) is 0 Å². The second-order valence-electron chi connectivity index (χ2n) is 12.2. The first-order valence-electron chi connectivity index (χ1n) is 17.3. The normalized spacial score (nSPS) is 14.3. The molecule has 0 amide bonds. The average Bonchev–Trinajstić information content (AvgIpc) is 3.11. The summed E-state index contributed by atoms with van der Waals surface area (Å²) in [5.41, 5.74) is 5.09. The predicted octanol–water partition coefficient (Wildman–Crippen LogP) is 8.75. The summed E-state index contributed by atoms with van der Waals surface area (Å²) in [6, 6.07) is 30.0. The second kappa shape index (κ2) is 19.4. The molecule has 1 aliphatic carbocycles. The maximum atomic E-state index is 6.56. The molecule has 1 aliphatic rings. The molecule has 3 aromatic carbocycles. The fraction of sp³-hybridized carbons (Fsp3) is 0.425. The SMILES string of the molecule is CCCN(CCCCCCNCCSc1ccncc1)C1CCc2c(ccc(OCc3ccccc3)c2OCc2ccccc2)C1. The molecule has 244 valence electrons. The number of nitrogens with one attached hydrogen (secondary N) is 1. The van der Waals surface area contributed by atoms with Crippen molar-refractivity contribution < 1.29 is 9.47 Å². The molecule has 0 spiro atoms. The lowest BCUT2D eigenvalue weighted by molar-refractivity contribution is 0.174. The summed E-state index contributed by atoms with van der Waals surface area (Å²) in [7, 11) is 0. The van der Waals surface area contributed by atoms with Crippen LogP contribution in [0.2, 0.25) is 0 Å². The van der Waals surface area contributed by atoms with Crippen LogP contribution in [0.1, 0.15) is 67.7 Å². The van der Waals surface area contributed by atoms with Crippen LogP contribution in [-0.4, -0.2) is 47.9 Å². The van der Waals surface area contributed by atoms with Crippen molar-refractivity contribution in [2.75, 3.05) is 31.9 Å². The van der Waals surface area contributed by atoms with Crippen molar-refractivity contribution in [2.24, 2.45) is 0 Å². The Hall–Kier alpha value is -3.32. The number of aromatic nitrogens is 1. The van der Waals surface area contributed by atoms with Gasteiger partial charge in [0.25, 0.3) is 0 Å². The first-order chi connectivity index (χ1) is 22.8. The number of ether oxygens (including phenoxy) is 2. The van der Waals surface area contributed by atoms with Gasteiger partial charge in [0.15, 0.2) is 11.5 Å². The van der Waals surface area contributed by atoms with Crippen molar-refractivity contribution in [3.05, 3.63) is 120 Å². The molecule has 4 aromatic rings. The van der Waals surface area contributed by atoms with E-state index in [0.29, 0.717) is 19.3 Å². The highest BCUT2D eigenvalue weighted by molar-refractivity contribution is 7.99. The maximum absolute atomic E-state index is 6.56. The third-order valence-corrected chi connectivity index (χ3v) is 9.75. The van der Waals surface area contributed by atoms with Crippen LogP contribution >= 0.6 is 11.8 Å². The quantitative estimate of drug-likeness (QED) is 0.0773. The number of rotatable bonds is 20. The van der Waals surface area contributed by atoms with E-state index in [-0.39, 0.29) is 0 Å². The molecule has 46 heavy (non-hydrogen) atoms. The molecule has 6 heteroatoms. The first kappa shape index (κ1) is 34.0. The van der Waals surface area contributed by atoms with Gasteiger partial charge in [-0.15, -0.1) is 11.8 Å². The van der Waals surface area contributed by atoms with E-state index in [1.54, 1.807) is 0 Å². The minimum absolute atomic E-state index is 0.537. The zero-order valence-electron chi connectivity index (χ0n) is 27.5. The summed E-state index contributed by atoms with van der Waals surface area (Å²) in [6.45, 7) is 7.93. The summed E-state index contributed by atoms with van der Waals surface area (Å²) >= 11 is 1.89. The average molecular weight is 638 g/mol. The highest BCUT2D eigenvalue weighted by Crippen LogP contribution is 2.39. The molecule has 1 N–H and O–H groups in total.